The normalized spacial score (nSPS) is 11.9. The Balaban J connectivity index is 1.52. The van der Waals surface area contributed by atoms with Gasteiger partial charge in [-0.1, -0.05) is 18.2 Å². The fourth-order valence-corrected chi connectivity index (χ4v) is 2.10. The van der Waals surface area contributed by atoms with Crippen LogP contribution < -0.4 is 10.1 Å². The van der Waals surface area contributed by atoms with Crippen LogP contribution in [-0.4, -0.2) is 12.0 Å². The van der Waals surface area contributed by atoms with E-state index in [2.05, 4.69) is 5.32 Å². The molecule has 118 valence electrons. The van der Waals surface area contributed by atoms with Gasteiger partial charge < -0.3 is 18.9 Å². The molecule has 1 atom stereocenters. The lowest BCUT2D eigenvalue weighted by Gasteiger charge is -2.14. The van der Waals surface area contributed by atoms with Crippen LogP contribution in [0.2, 0.25) is 0 Å². The first-order valence-corrected chi connectivity index (χ1v) is 7.34. The topological polar surface area (TPSA) is 64.6 Å². The summed E-state index contributed by atoms with van der Waals surface area (Å²) in [5.41, 5.74) is 0. The molecule has 1 N–H and O–H groups in total. The molecule has 3 rings (SSSR count). The molecule has 1 amide bonds. The molecular formula is C18H17NO4. The second kappa shape index (κ2) is 6.87. The number of benzene rings is 1. The van der Waals surface area contributed by atoms with Crippen molar-refractivity contribution in [3.8, 4) is 17.3 Å². The first-order valence-electron chi connectivity index (χ1n) is 7.34. The van der Waals surface area contributed by atoms with Gasteiger partial charge in [0.1, 0.15) is 11.5 Å². The van der Waals surface area contributed by atoms with E-state index in [1.807, 2.05) is 42.5 Å². The molecule has 2 heterocycles. The van der Waals surface area contributed by atoms with E-state index in [9.17, 15) is 4.79 Å². The number of ether oxygens (including phenoxy) is 1. The average molecular weight is 311 g/mol. The maximum Gasteiger partial charge on any atom is 0.261 e. The highest BCUT2D eigenvalue weighted by Crippen LogP contribution is 2.22. The van der Waals surface area contributed by atoms with E-state index in [0.29, 0.717) is 29.6 Å². The lowest BCUT2D eigenvalue weighted by molar-refractivity contribution is -0.127. The molecule has 2 aromatic heterocycles. The molecule has 0 radical (unpaired) electrons. The molecule has 0 saturated heterocycles. The molecule has 0 aliphatic rings. The van der Waals surface area contributed by atoms with Crippen LogP contribution in [-0.2, 0) is 11.3 Å². The summed E-state index contributed by atoms with van der Waals surface area (Å²) in [5.74, 6) is 2.39. The Morgan fingerprint density at radius 1 is 1.09 bits per heavy atom. The minimum atomic E-state index is -0.586. The summed E-state index contributed by atoms with van der Waals surface area (Å²) in [6, 6.07) is 16.5. The van der Waals surface area contributed by atoms with E-state index in [4.69, 9.17) is 13.6 Å². The molecule has 0 spiro atoms. The smallest absolute Gasteiger partial charge is 0.261 e. The zero-order valence-corrected chi connectivity index (χ0v) is 12.7. The van der Waals surface area contributed by atoms with Crippen LogP contribution in [0.25, 0.3) is 11.5 Å². The van der Waals surface area contributed by atoms with Crippen molar-refractivity contribution in [1.82, 2.24) is 5.32 Å². The second-order valence-electron chi connectivity index (χ2n) is 5.03. The summed E-state index contributed by atoms with van der Waals surface area (Å²) in [7, 11) is 0. The molecule has 23 heavy (non-hydrogen) atoms. The Bertz CT molecular complexity index is 746. The quantitative estimate of drug-likeness (QED) is 0.755. The van der Waals surface area contributed by atoms with Gasteiger partial charge >= 0.3 is 0 Å². The number of carbonyl (C=O) groups excluding carboxylic acids is 1. The van der Waals surface area contributed by atoms with Crippen molar-refractivity contribution in [2.24, 2.45) is 0 Å². The van der Waals surface area contributed by atoms with E-state index in [0.717, 1.165) is 0 Å². The van der Waals surface area contributed by atoms with E-state index >= 15 is 0 Å². The van der Waals surface area contributed by atoms with E-state index in [-0.39, 0.29) is 5.91 Å². The number of nitrogens with one attached hydrogen (secondary N) is 1. The summed E-state index contributed by atoms with van der Waals surface area (Å²) in [5, 5.41) is 2.79. The van der Waals surface area contributed by atoms with Crippen molar-refractivity contribution in [3.63, 3.8) is 0 Å². The van der Waals surface area contributed by atoms with Crippen LogP contribution in [0.15, 0.2) is 69.7 Å². The number of amides is 1. The van der Waals surface area contributed by atoms with Crippen molar-refractivity contribution >= 4 is 5.91 Å². The molecule has 0 fully saturated rings. The highest BCUT2D eigenvalue weighted by Gasteiger charge is 2.15. The van der Waals surface area contributed by atoms with Gasteiger partial charge in [0, 0.05) is 0 Å². The van der Waals surface area contributed by atoms with Crippen LogP contribution in [0.4, 0.5) is 0 Å². The third kappa shape index (κ3) is 3.83. The van der Waals surface area contributed by atoms with Gasteiger partial charge in [-0.2, -0.15) is 0 Å². The Morgan fingerprint density at radius 2 is 1.91 bits per heavy atom. The Kier molecular flexibility index (Phi) is 4.47. The van der Waals surface area contributed by atoms with Crippen molar-refractivity contribution in [2.45, 2.75) is 19.6 Å². The SMILES string of the molecule is C[C@@H](Oc1ccccc1)C(=O)NCc1ccc(-c2ccco2)o1. The van der Waals surface area contributed by atoms with Crippen molar-refractivity contribution in [2.75, 3.05) is 0 Å². The van der Waals surface area contributed by atoms with Gasteiger partial charge in [-0.3, -0.25) is 4.79 Å². The van der Waals surface area contributed by atoms with Crippen LogP contribution in [0, 0.1) is 0 Å². The Morgan fingerprint density at radius 3 is 2.65 bits per heavy atom. The fourth-order valence-electron chi connectivity index (χ4n) is 2.10. The molecular weight excluding hydrogens is 294 g/mol. The molecule has 0 aliphatic heterocycles. The van der Waals surface area contributed by atoms with Gasteiger partial charge in [0.2, 0.25) is 0 Å². The third-order valence-corrected chi connectivity index (χ3v) is 3.29. The molecule has 0 aliphatic carbocycles. The van der Waals surface area contributed by atoms with Gasteiger partial charge in [-0.15, -0.1) is 0 Å². The maximum absolute atomic E-state index is 12.1. The summed E-state index contributed by atoms with van der Waals surface area (Å²) in [4.78, 5) is 12.1. The summed E-state index contributed by atoms with van der Waals surface area (Å²) < 4.78 is 16.5. The van der Waals surface area contributed by atoms with Crippen LogP contribution in [0.1, 0.15) is 12.7 Å². The van der Waals surface area contributed by atoms with Gasteiger partial charge in [0.25, 0.3) is 5.91 Å². The standard InChI is InChI=1S/C18H17NO4/c1-13(22-14-6-3-2-4-7-14)18(20)19-12-15-9-10-17(23-15)16-8-5-11-21-16/h2-11,13H,12H2,1H3,(H,19,20)/t13-/m1/s1. The summed E-state index contributed by atoms with van der Waals surface area (Å²) in [6.45, 7) is 2.00. The van der Waals surface area contributed by atoms with Gasteiger partial charge in [-0.25, -0.2) is 0 Å². The van der Waals surface area contributed by atoms with Gasteiger partial charge in [-0.05, 0) is 43.3 Å². The predicted molar refractivity (Wildman–Crippen MR) is 84.8 cm³/mol. The largest absolute Gasteiger partial charge is 0.481 e. The van der Waals surface area contributed by atoms with Crippen LogP contribution >= 0.6 is 0 Å². The Hall–Kier alpha value is -2.95. The van der Waals surface area contributed by atoms with Crippen LogP contribution in [0.5, 0.6) is 5.75 Å². The first-order chi connectivity index (χ1) is 11.2. The second-order valence-corrected chi connectivity index (χ2v) is 5.03. The predicted octanol–water partition coefficient (Wildman–Crippen LogP) is 3.62. The molecule has 0 saturated carbocycles. The summed E-state index contributed by atoms with van der Waals surface area (Å²) >= 11 is 0. The molecule has 5 nitrogen and oxygen atoms in total. The lowest BCUT2D eigenvalue weighted by atomic mass is 10.3. The molecule has 0 unspecified atom stereocenters. The minimum Gasteiger partial charge on any atom is -0.481 e. The number of para-hydroxylation sites is 1. The summed E-state index contributed by atoms with van der Waals surface area (Å²) in [6.07, 6.45) is 0.999. The number of furan rings is 2. The van der Waals surface area contributed by atoms with Crippen molar-refractivity contribution in [1.29, 1.82) is 0 Å². The Labute approximate surface area is 133 Å². The highest BCUT2D eigenvalue weighted by molar-refractivity contribution is 5.80. The molecule has 1 aromatic carbocycles. The average Bonchev–Trinajstić information content (AvgIpc) is 3.24. The maximum atomic E-state index is 12.1. The number of hydrogen-bond acceptors (Lipinski definition) is 4. The molecule has 5 heteroatoms. The van der Waals surface area contributed by atoms with E-state index in [1.54, 1.807) is 25.3 Å². The van der Waals surface area contributed by atoms with Crippen molar-refractivity contribution in [3.05, 3.63) is 66.6 Å². The van der Waals surface area contributed by atoms with Gasteiger partial charge in [0.05, 0.1) is 12.8 Å². The minimum absolute atomic E-state index is 0.204. The van der Waals surface area contributed by atoms with E-state index in [1.165, 1.54) is 0 Å². The number of carbonyl (C=O) groups is 1. The fraction of sp³-hybridized carbons (Fsp3) is 0.167. The van der Waals surface area contributed by atoms with E-state index < -0.39 is 6.10 Å². The lowest BCUT2D eigenvalue weighted by Crippen LogP contribution is -2.35. The number of hydrogen-bond donors (Lipinski definition) is 1. The molecule has 3 aromatic rings. The molecule has 0 bridgehead atoms. The van der Waals surface area contributed by atoms with Gasteiger partial charge in [0.15, 0.2) is 17.6 Å². The first kappa shape index (κ1) is 15.0. The zero-order chi connectivity index (χ0) is 16.1. The van der Waals surface area contributed by atoms with Crippen LogP contribution in [0.3, 0.4) is 0 Å². The highest BCUT2D eigenvalue weighted by atomic mass is 16.5. The monoisotopic (exact) mass is 311 g/mol. The number of rotatable bonds is 6. The third-order valence-electron chi connectivity index (χ3n) is 3.29. The van der Waals surface area contributed by atoms with Crippen molar-refractivity contribution < 1.29 is 18.4 Å². The zero-order valence-electron chi connectivity index (χ0n) is 12.7.